The van der Waals surface area contributed by atoms with Crippen LogP contribution < -0.4 is 9.64 Å². The zero-order chi connectivity index (χ0) is 19.1. The van der Waals surface area contributed by atoms with Crippen LogP contribution in [0.15, 0.2) is 78.9 Å². The van der Waals surface area contributed by atoms with Gasteiger partial charge in [0.1, 0.15) is 5.75 Å². The molecule has 0 N–H and O–H groups in total. The first-order valence-electron chi connectivity index (χ1n) is 8.43. The molecule has 0 aromatic heterocycles. The Labute approximate surface area is 173 Å². The molecule has 0 radical (unpaired) electrons. The van der Waals surface area contributed by atoms with Crippen molar-refractivity contribution in [1.29, 1.82) is 0 Å². The predicted molar refractivity (Wildman–Crippen MR) is 117 cm³/mol. The molecule has 0 aliphatic rings. The second kappa shape index (κ2) is 9.24. The quantitative estimate of drug-likeness (QED) is 0.404. The summed E-state index contributed by atoms with van der Waals surface area (Å²) in [4.78, 5) is 14.6. The van der Waals surface area contributed by atoms with Crippen molar-refractivity contribution in [2.24, 2.45) is 0 Å². The van der Waals surface area contributed by atoms with E-state index < -0.39 is 0 Å². The summed E-state index contributed by atoms with van der Waals surface area (Å²) in [7, 11) is 1.62. The molecule has 3 rings (SSSR count). The molecule has 0 fully saturated rings. The van der Waals surface area contributed by atoms with Gasteiger partial charge in [-0.25, -0.2) is 0 Å². The average molecular weight is 467 g/mol. The minimum Gasteiger partial charge on any atom is -0.497 e. The van der Waals surface area contributed by atoms with Gasteiger partial charge in [-0.15, -0.1) is 0 Å². The van der Waals surface area contributed by atoms with Crippen LogP contribution in [-0.2, 0) is 11.3 Å². The van der Waals surface area contributed by atoms with Crippen LogP contribution in [0.5, 0.6) is 5.75 Å². The van der Waals surface area contributed by atoms with Gasteiger partial charge >= 0.3 is 5.91 Å². The maximum atomic E-state index is 12.9. The van der Waals surface area contributed by atoms with Crippen molar-refractivity contribution >= 4 is 34.2 Å². The van der Waals surface area contributed by atoms with E-state index in [2.05, 4.69) is 34.4 Å². The lowest BCUT2D eigenvalue weighted by Gasteiger charge is -2.21. The number of hydrogen-bond donors (Lipinski definition) is 0. The number of benzene rings is 3. The van der Waals surface area contributed by atoms with Crippen molar-refractivity contribution < 1.29 is 9.53 Å². The highest BCUT2D eigenvalue weighted by molar-refractivity contribution is 14.1. The zero-order valence-corrected chi connectivity index (χ0v) is 17.0. The van der Waals surface area contributed by atoms with Gasteiger partial charge in [-0.05, 0) is 64.6 Å². The summed E-state index contributed by atoms with van der Waals surface area (Å²) in [5.74, 6) is 6.25. The Balaban J connectivity index is 1.89. The van der Waals surface area contributed by atoms with Crippen LogP contribution in [0.25, 0.3) is 0 Å². The number of hydrogen-bond acceptors (Lipinski definition) is 2. The highest BCUT2D eigenvalue weighted by atomic mass is 127. The first kappa shape index (κ1) is 19.0. The number of para-hydroxylation sites is 1. The lowest BCUT2D eigenvalue weighted by Crippen LogP contribution is -2.29. The van der Waals surface area contributed by atoms with Gasteiger partial charge in [-0.3, -0.25) is 9.69 Å². The Morgan fingerprint density at radius 2 is 1.63 bits per heavy atom. The second-order valence-electron chi connectivity index (χ2n) is 5.81. The fraction of sp³-hybridized carbons (Fsp3) is 0.0870. The van der Waals surface area contributed by atoms with Crippen molar-refractivity contribution in [3.05, 3.63) is 93.6 Å². The second-order valence-corrected chi connectivity index (χ2v) is 6.97. The van der Waals surface area contributed by atoms with Crippen molar-refractivity contribution in [2.45, 2.75) is 6.54 Å². The number of carbonyl (C=O) groups excluding carboxylic acids is 1. The smallest absolute Gasteiger partial charge is 0.303 e. The summed E-state index contributed by atoms with van der Waals surface area (Å²) in [6.07, 6.45) is 0. The molecule has 1 amide bonds. The molecule has 0 spiro atoms. The fourth-order valence-electron chi connectivity index (χ4n) is 2.57. The normalized spacial score (nSPS) is 9.85. The first-order valence-corrected chi connectivity index (χ1v) is 9.51. The van der Waals surface area contributed by atoms with Gasteiger partial charge in [0.25, 0.3) is 0 Å². The molecule has 0 saturated heterocycles. The van der Waals surface area contributed by atoms with E-state index >= 15 is 0 Å². The standard InChI is InChI=1S/C23H18INO2/c1-27-20-14-11-18(12-15-20)13-16-23(26)25(17-19-7-3-2-4-8-19)22-10-6-5-9-21(22)24/h2-12,14-15H,17H2,1H3. The van der Waals surface area contributed by atoms with E-state index in [9.17, 15) is 4.79 Å². The largest absolute Gasteiger partial charge is 0.497 e. The Bertz CT molecular complexity index is 973. The number of methoxy groups -OCH3 is 1. The van der Waals surface area contributed by atoms with E-state index in [4.69, 9.17) is 4.74 Å². The third-order valence-corrected chi connectivity index (χ3v) is 4.89. The lowest BCUT2D eigenvalue weighted by atomic mass is 10.2. The number of anilines is 1. The SMILES string of the molecule is COc1ccc(C#CC(=O)N(Cc2ccccc2)c2ccccc2I)cc1. The molecule has 0 unspecified atom stereocenters. The molecule has 3 nitrogen and oxygen atoms in total. The highest BCUT2D eigenvalue weighted by Gasteiger charge is 2.16. The number of halogens is 1. The Morgan fingerprint density at radius 1 is 0.963 bits per heavy atom. The number of carbonyl (C=O) groups is 1. The average Bonchev–Trinajstić information content (AvgIpc) is 2.72. The molecule has 27 heavy (non-hydrogen) atoms. The van der Waals surface area contributed by atoms with Gasteiger partial charge in [-0.1, -0.05) is 48.4 Å². The van der Waals surface area contributed by atoms with Gasteiger partial charge in [0.05, 0.1) is 19.3 Å². The van der Waals surface area contributed by atoms with E-state index in [0.29, 0.717) is 6.54 Å². The van der Waals surface area contributed by atoms with E-state index in [1.165, 1.54) is 0 Å². The lowest BCUT2D eigenvalue weighted by molar-refractivity contribution is -0.113. The van der Waals surface area contributed by atoms with Crippen LogP contribution in [0.4, 0.5) is 5.69 Å². The van der Waals surface area contributed by atoms with Gasteiger partial charge in [0.15, 0.2) is 0 Å². The minimum absolute atomic E-state index is 0.237. The minimum atomic E-state index is -0.237. The van der Waals surface area contributed by atoms with Crippen LogP contribution in [0.1, 0.15) is 11.1 Å². The molecule has 0 bridgehead atoms. The summed E-state index contributed by atoms with van der Waals surface area (Å²) in [5, 5.41) is 0. The van der Waals surface area contributed by atoms with Crippen molar-refractivity contribution in [3.8, 4) is 17.6 Å². The molecular weight excluding hydrogens is 449 g/mol. The Hall–Kier alpha value is -2.78. The molecule has 4 heteroatoms. The number of nitrogens with zero attached hydrogens (tertiary/aromatic N) is 1. The van der Waals surface area contributed by atoms with Gasteiger partial charge in [0.2, 0.25) is 0 Å². The van der Waals surface area contributed by atoms with Crippen LogP contribution in [0, 0.1) is 15.4 Å². The van der Waals surface area contributed by atoms with Gasteiger partial charge < -0.3 is 4.74 Å². The molecule has 0 heterocycles. The molecule has 0 atom stereocenters. The highest BCUT2D eigenvalue weighted by Crippen LogP contribution is 2.24. The number of ether oxygens (including phenoxy) is 1. The van der Waals surface area contributed by atoms with Crippen LogP contribution in [-0.4, -0.2) is 13.0 Å². The van der Waals surface area contributed by atoms with E-state index in [0.717, 1.165) is 26.1 Å². The first-order chi connectivity index (χ1) is 13.2. The van der Waals surface area contributed by atoms with E-state index in [-0.39, 0.29) is 5.91 Å². The van der Waals surface area contributed by atoms with Crippen molar-refractivity contribution in [1.82, 2.24) is 0 Å². The number of rotatable bonds is 4. The van der Waals surface area contributed by atoms with Crippen molar-refractivity contribution in [2.75, 3.05) is 12.0 Å². The predicted octanol–water partition coefficient (Wildman–Crippen LogP) is 4.88. The summed E-state index contributed by atoms with van der Waals surface area (Å²) >= 11 is 2.24. The molecule has 0 aliphatic heterocycles. The summed E-state index contributed by atoms with van der Waals surface area (Å²) < 4.78 is 6.15. The maximum Gasteiger partial charge on any atom is 0.303 e. The summed E-state index contributed by atoms with van der Waals surface area (Å²) in [6, 6.07) is 25.1. The molecule has 0 saturated carbocycles. The Morgan fingerprint density at radius 3 is 2.30 bits per heavy atom. The van der Waals surface area contributed by atoms with E-state index in [1.807, 2.05) is 78.9 Å². The topological polar surface area (TPSA) is 29.5 Å². The van der Waals surface area contributed by atoms with Gasteiger partial charge in [0, 0.05) is 15.1 Å². The molecule has 3 aromatic carbocycles. The van der Waals surface area contributed by atoms with Gasteiger partial charge in [-0.2, -0.15) is 0 Å². The molecule has 134 valence electrons. The summed E-state index contributed by atoms with van der Waals surface area (Å²) in [6.45, 7) is 0.469. The van der Waals surface area contributed by atoms with Crippen LogP contribution in [0.2, 0.25) is 0 Å². The molecular formula is C23H18INO2. The van der Waals surface area contributed by atoms with Crippen molar-refractivity contribution in [3.63, 3.8) is 0 Å². The van der Waals surface area contributed by atoms with E-state index in [1.54, 1.807) is 12.0 Å². The zero-order valence-electron chi connectivity index (χ0n) is 14.9. The monoisotopic (exact) mass is 467 g/mol. The van der Waals surface area contributed by atoms with Crippen LogP contribution in [0.3, 0.4) is 0 Å². The summed E-state index contributed by atoms with van der Waals surface area (Å²) in [5.41, 5.74) is 2.68. The number of amides is 1. The third-order valence-electron chi connectivity index (χ3n) is 3.98. The molecule has 3 aromatic rings. The fourth-order valence-corrected chi connectivity index (χ4v) is 3.25. The maximum absolute atomic E-state index is 12.9. The van der Waals surface area contributed by atoms with Crippen LogP contribution >= 0.6 is 22.6 Å². The molecule has 0 aliphatic carbocycles. The third kappa shape index (κ3) is 5.11. The Kier molecular flexibility index (Phi) is 6.50.